The van der Waals surface area contributed by atoms with E-state index in [2.05, 4.69) is 0 Å². The Morgan fingerprint density at radius 2 is 1.71 bits per heavy atom. The van der Waals surface area contributed by atoms with Gasteiger partial charge >= 0.3 is 5.97 Å². The van der Waals surface area contributed by atoms with Gasteiger partial charge < -0.3 is 44.8 Å². The number of aromatic hydroxyl groups is 2. The summed E-state index contributed by atoms with van der Waals surface area (Å²) in [4.78, 5) is 12.1. The van der Waals surface area contributed by atoms with E-state index in [-0.39, 0.29) is 17.9 Å². The molecule has 0 radical (unpaired) electrons. The lowest BCUT2D eigenvalue weighted by atomic mass is 9.99. The Balaban J connectivity index is 1.59. The van der Waals surface area contributed by atoms with Crippen molar-refractivity contribution in [2.24, 2.45) is 0 Å². The summed E-state index contributed by atoms with van der Waals surface area (Å²) < 4.78 is 15.8. The van der Waals surface area contributed by atoms with Crippen molar-refractivity contribution in [1.82, 2.24) is 0 Å². The van der Waals surface area contributed by atoms with Crippen LogP contribution in [0.3, 0.4) is 0 Å². The Morgan fingerprint density at radius 3 is 2.39 bits per heavy atom. The third-order valence-corrected chi connectivity index (χ3v) is 4.81. The van der Waals surface area contributed by atoms with Crippen molar-refractivity contribution in [1.29, 1.82) is 0 Å². The molecule has 1 saturated heterocycles. The Bertz CT molecular complexity index is 874. The van der Waals surface area contributed by atoms with Crippen LogP contribution in [-0.2, 0) is 14.3 Å². The average molecular weight is 436 g/mol. The minimum atomic E-state index is -1.68. The minimum absolute atomic E-state index is 0.146. The van der Waals surface area contributed by atoms with Gasteiger partial charge in [-0.25, -0.2) is 0 Å². The fraction of sp³-hybridized carbons (Fsp3) is 0.381. The van der Waals surface area contributed by atoms with E-state index in [9.17, 15) is 35.4 Å². The van der Waals surface area contributed by atoms with Gasteiger partial charge in [0.2, 0.25) is 6.29 Å². The number of hydrogen-bond acceptors (Lipinski definition) is 10. The van der Waals surface area contributed by atoms with Gasteiger partial charge in [0.15, 0.2) is 11.5 Å². The van der Waals surface area contributed by atoms with Crippen molar-refractivity contribution in [2.45, 2.75) is 43.2 Å². The van der Waals surface area contributed by atoms with Crippen molar-refractivity contribution in [3.63, 3.8) is 0 Å². The standard InChI is InChI=1S/C21H24O10/c22-12-6-7-15(14(24)8-12)30-21-20(28)19(27)18(26)16(31-21)10-29-17(25)9-13(23)11-4-2-1-3-5-11/h1-8,13,16,18-24,26-28H,9-10H2. The molecule has 10 heteroatoms. The maximum Gasteiger partial charge on any atom is 0.308 e. The second-order valence-electron chi connectivity index (χ2n) is 7.10. The minimum Gasteiger partial charge on any atom is -0.508 e. The number of phenols is 2. The molecule has 2 aromatic carbocycles. The monoisotopic (exact) mass is 436 g/mol. The molecule has 0 aliphatic carbocycles. The summed E-state index contributed by atoms with van der Waals surface area (Å²) in [5.41, 5.74) is 0.536. The maximum absolute atomic E-state index is 12.1. The SMILES string of the molecule is O=C(CC(O)c1ccccc1)OCC1OC(Oc2ccc(O)cc2O)C(O)C(O)C1O. The third-order valence-electron chi connectivity index (χ3n) is 4.81. The van der Waals surface area contributed by atoms with Gasteiger partial charge in [-0.15, -0.1) is 0 Å². The summed E-state index contributed by atoms with van der Waals surface area (Å²) in [5, 5.41) is 59.6. The van der Waals surface area contributed by atoms with Crippen LogP contribution < -0.4 is 4.74 Å². The highest BCUT2D eigenvalue weighted by Crippen LogP contribution is 2.33. The Morgan fingerprint density at radius 1 is 1.00 bits per heavy atom. The quantitative estimate of drug-likeness (QED) is 0.324. The number of phenolic OH excluding ortho intramolecular Hbond substituents is 2. The first-order valence-corrected chi connectivity index (χ1v) is 9.53. The molecule has 6 unspecified atom stereocenters. The molecule has 1 aliphatic heterocycles. The van der Waals surface area contributed by atoms with Gasteiger partial charge in [-0.1, -0.05) is 30.3 Å². The largest absolute Gasteiger partial charge is 0.508 e. The van der Waals surface area contributed by atoms with E-state index in [1.165, 1.54) is 12.1 Å². The Kier molecular flexibility index (Phi) is 7.31. The molecule has 3 rings (SSSR count). The van der Waals surface area contributed by atoms with Gasteiger partial charge in [-0.3, -0.25) is 4.79 Å². The van der Waals surface area contributed by atoms with E-state index in [4.69, 9.17) is 14.2 Å². The van der Waals surface area contributed by atoms with Crippen molar-refractivity contribution < 1.29 is 49.6 Å². The zero-order valence-electron chi connectivity index (χ0n) is 16.3. The summed E-state index contributed by atoms with van der Waals surface area (Å²) in [7, 11) is 0. The molecule has 0 spiro atoms. The lowest BCUT2D eigenvalue weighted by molar-refractivity contribution is -0.278. The maximum atomic E-state index is 12.1. The second kappa shape index (κ2) is 9.94. The summed E-state index contributed by atoms with van der Waals surface area (Å²) in [5.74, 6) is -1.56. The third kappa shape index (κ3) is 5.63. The van der Waals surface area contributed by atoms with E-state index in [0.717, 1.165) is 6.07 Å². The van der Waals surface area contributed by atoms with Gasteiger partial charge in [0.1, 0.15) is 36.8 Å². The first-order chi connectivity index (χ1) is 14.8. The lowest BCUT2D eigenvalue weighted by Crippen LogP contribution is -2.60. The van der Waals surface area contributed by atoms with Crippen LogP contribution in [0.2, 0.25) is 0 Å². The molecule has 6 atom stereocenters. The van der Waals surface area contributed by atoms with Crippen molar-refractivity contribution in [2.75, 3.05) is 6.61 Å². The van der Waals surface area contributed by atoms with Crippen molar-refractivity contribution >= 4 is 5.97 Å². The van der Waals surface area contributed by atoms with Crippen LogP contribution >= 0.6 is 0 Å². The number of aliphatic hydroxyl groups is 4. The second-order valence-corrected chi connectivity index (χ2v) is 7.10. The number of esters is 1. The van der Waals surface area contributed by atoms with E-state index >= 15 is 0 Å². The molecule has 0 saturated carbocycles. The number of hydrogen-bond donors (Lipinski definition) is 6. The molecule has 1 aliphatic rings. The molecular weight excluding hydrogens is 412 g/mol. The molecule has 0 amide bonds. The molecule has 31 heavy (non-hydrogen) atoms. The highest BCUT2D eigenvalue weighted by atomic mass is 16.7. The predicted octanol–water partition coefficient (Wildman–Crippen LogP) is -0.0489. The number of benzene rings is 2. The topological polar surface area (TPSA) is 166 Å². The number of carbonyl (C=O) groups excluding carboxylic acids is 1. The van der Waals surface area contributed by atoms with E-state index in [0.29, 0.717) is 5.56 Å². The van der Waals surface area contributed by atoms with Gasteiger partial charge in [0.05, 0.1) is 12.5 Å². The van der Waals surface area contributed by atoms with Crippen LogP contribution in [0.5, 0.6) is 17.2 Å². The first kappa shape index (κ1) is 22.8. The summed E-state index contributed by atoms with van der Waals surface area (Å²) in [6.45, 7) is -0.479. The molecule has 0 aromatic heterocycles. The van der Waals surface area contributed by atoms with Crippen LogP contribution in [0.15, 0.2) is 48.5 Å². The van der Waals surface area contributed by atoms with Crippen molar-refractivity contribution in [3.05, 3.63) is 54.1 Å². The number of ether oxygens (including phenoxy) is 3. The van der Waals surface area contributed by atoms with Crippen LogP contribution in [0.1, 0.15) is 18.1 Å². The summed E-state index contributed by atoms with van der Waals surface area (Å²) in [6, 6.07) is 12.0. The Labute approximate surface area is 177 Å². The molecule has 1 fully saturated rings. The summed E-state index contributed by atoms with van der Waals surface area (Å²) in [6.07, 6.45) is -9.11. The van der Waals surface area contributed by atoms with Crippen LogP contribution in [0, 0.1) is 0 Å². The van der Waals surface area contributed by atoms with Gasteiger partial charge in [0, 0.05) is 6.07 Å². The van der Waals surface area contributed by atoms with Crippen molar-refractivity contribution in [3.8, 4) is 17.2 Å². The van der Waals surface area contributed by atoms with E-state index < -0.39 is 55.1 Å². The normalized spacial score (nSPS) is 26.8. The predicted molar refractivity (Wildman–Crippen MR) is 104 cm³/mol. The van der Waals surface area contributed by atoms with Gasteiger partial charge in [-0.05, 0) is 17.7 Å². The number of carbonyl (C=O) groups is 1. The molecule has 6 N–H and O–H groups in total. The molecule has 10 nitrogen and oxygen atoms in total. The first-order valence-electron chi connectivity index (χ1n) is 9.53. The molecule has 0 bridgehead atoms. The van der Waals surface area contributed by atoms with Gasteiger partial charge in [0.25, 0.3) is 0 Å². The zero-order chi connectivity index (χ0) is 22.5. The van der Waals surface area contributed by atoms with E-state index in [1.807, 2.05) is 0 Å². The Hall–Kier alpha value is -2.89. The zero-order valence-corrected chi connectivity index (χ0v) is 16.3. The van der Waals surface area contributed by atoms with Gasteiger partial charge in [-0.2, -0.15) is 0 Å². The highest BCUT2D eigenvalue weighted by Gasteiger charge is 2.45. The highest BCUT2D eigenvalue weighted by molar-refractivity contribution is 5.70. The number of aliphatic hydroxyl groups excluding tert-OH is 4. The fourth-order valence-corrected chi connectivity index (χ4v) is 3.07. The average Bonchev–Trinajstić information content (AvgIpc) is 2.75. The molecular formula is C21H24O10. The molecule has 2 aromatic rings. The van der Waals surface area contributed by atoms with Crippen LogP contribution in [0.4, 0.5) is 0 Å². The van der Waals surface area contributed by atoms with Crippen LogP contribution in [-0.4, -0.2) is 73.9 Å². The smallest absolute Gasteiger partial charge is 0.308 e. The summed E-state index contributed by atoms with van der Waals surface area (Å²) >= 11 is 0. The lowest BCUT2D eigenvalue weighted by Gasteiger charge is -2.39. The fourth-order valence-electron chi connectivity index (χ4n) is 3.07. The molecule has 168 valence electrons. The molecule has 1 heterocycles. The van der Waals surface area contributed by atoms with E-state index in [1.54, 1.807) is 30.3 Å². The number of rotatable bonds is 7. The van der Waals surface area contributed by atoms with Crippen LogP contribution in [0.25, 0.3) is 0 Å².